The number of hydrogen-bond donors (Lipinski definition) is 2. The van der Waals surface area contributed by atoms with Gasteiger partial charge in [-0.1, -0.05) is 0 Å². The summed E-state index contributed by atoms with van der Waals surface area (Å²) in [6.45, 7) is 1.74. The predicted molar refractivity (Wildman–Crippen MR) is 72.6 cm³/mol. The van der Waals surface area contributed by atoms with Crippen LogP contribution in [-0.4, -0.2) is 35.4 Å². The van der Waals surface area contributed by atoms with E-state index < -0.39 is 11.7 Å². The number of nitrogen functional groups attached to an aromatic ring is 1. The van der Waals surface area contributed by atoms with Crippen LogP contribution in [0.1, 0.15) is 24.8 Å². The second-order valence-electron chi connectivity index (χ2n) is 4.93. The third kappa shape index (κ3) is 4.24. The smallest absolute Gasteiger partial charge is 0.384 e. The summed E-state index contributed by atoms with van der Waals surface area (Å²) >= 11 is 0. The highest BCUT2D eigenvalue weighted by Crippen LogP contribution is 2.31. The second-order valence-corrected chi connectivity index (χ2v) is 4.93. The Bertz CT molecular complexity index is 513. The van der Waals surface area contributed by atoms with Crippen molar-refractivity contribution in [1.29, 1.82) is 0 Å². The van der Waals surface area contributed by atoms with Gasteiger partial charge in [-0.3, -0.25) is 4.79 Å². The molecule has 116 valence electrons. The molecule has 1 aliphatic rings. The number of pyridine rings is 1. The van der Waals surface area contributed by atoms with E-state index in [1.54, 1.807) is 4.90 Å². The Morgan fingerprint density at radius 2 is 2.00 bits per heavy atom. The Balaban J connectivity index is 1.91. The molecule has 5 nitrogen and oxygen atoms in total. The van der Waals surface area contributed by atoms with Gasteiger partial charge in [0, 0.05) is 26.1 Å². The first kappa shape index (κ1) is 15.4. The fourth-order valence-corrected chi connectivity index (χ4v) is 2.23. The fourth-order valence-electron chi connectivity index (χ4n) is 2.23. The first-order valence-corrected chi connectivity index (χ1v) is 6.72. The van der Waals surface area contributed by atoms with Crippen LogP contribution < -0.4 is 11.1 Å². The number of amides is 1. The lowest BCUT2D eigenvalue weighted by Crippen LogP contribution is -2.29. The lowest BCUT2D eigenvalue weighted by Gasteiger charge is -2.15. The Labute approximate surface area is 120 Å². The van der Waals surface area contributed by atoms with Crippen molar-refractivity contribution in [2.45, 2.75) is 25.4 Å². The number of alkyl halides is 3. The van der Waals surface area contributed by atoms with E-state index in [0.717, 1.165) is 38.1 Å². The minimum absolute atomic E-state index is 0.0000482. The maximum Gasteiger partial charge on any atom is 0.416 e. The predicted octanol–water partition coefficient (Wildman–Crippen LogP) is 2.11. The highest BCUT2D eigenvalue weighted by Gasteiger charge is 2.31. The van der Waals surface area contributed by atoms with Gasteiger partial charge >= 0.3 is 6.18 Å². The maximum atomic E-state index is 12.6. The van der Waals surface area contributed by atoms with Crippen LogP contribution in [-0.2, 0) is 11.0 Å². The van der Waals surface area contributed by atoms with E-state index in [-0.39, 0.29) is 30.5 Å². The minimum atomic E-state index is -4.47. The maximum absolute atomic E-state index is 12.6. The van der Waals surface area contributed by atoms with Crippen LogP contribution in [0.3, 0.4) is 0 Å². The molecular weight excluding hydrogens is 285 g/mol. The highest BCUT2D eigenvalue weighted by atomic mass is 19.4. The number of nitrogens with two attached hydrogens (primary N) is 1. The average Bonchev–Trinajstić information content (AvgIpc) is 2.90. The summed E-state index contributed by atoms with van der Waals surface area (Å²) in [5, 5.41) is 2.71. The number of aromatic nitrogens is 1. The quantitative estimate of drug-likeness (QED) is 0.893. The molecule has 1 amide bonds. The van der Waals surface area contributed by atoms with E-state index in [4.69, 9.17) is 5.73 Å². The summed E-state index contributed by atoms with van der Waals surface area (Å²) in [5.74, 6) is -0.185. The Morgan fingerprint density at radius 3 is 2.62 bits per heavy atom. The first-order chi connectivity index (χ1) is 9.86. The molecule has 3 N–H and O–H groups in total. The molecule has 2 rings (SSSR count). The average molecular weight is 302 g/mol. The van der Waals surface area contributed by atoms with Crippen molar-refractivity contribution in [3.8, 4) is 0 Å². The van der Waals surface area contributed by atoms with Crippen LogP contribution in [0, 0.1) is 0 Å². The standard InChI is InChI=1S/C13H17F3N4O/c14-13(15,16)9-7-10(17)19-11(8-9)18-4-3-12(21)20-5-1-2-6-20/h7-8H,1-6H2,(H3,17,18,19). The van der Waals surface area contributed by atoms with Crippen molar-refractivity contribution >= 4 is 17.5 Å². The van der Waals surface area contributed by atoms with Crippen LogP contribution in [0.4, 0.5) is 24.8 Å². The molecule has 1 fully saturated rings. The highest BCUT2D eigenvalue weighted by molar-refractivity contribution is 5.76. The van der Waals surface area contributed by atoms with Gasteiger partial charge < -0.3 is 16.0 Å². The molecule has 0 aromatic carbocycles. The Hall–Kier alpha value is -1.99. The topological polar surface area (TPSA) is 71.2 Å². The van der Waals surface area contributed by atoms with Gasteiger partial charge in [-0.2, -0.15) is 13.2 Å². The van der Waals surface area contributed by atoms with Crippen LogP contribution >= 0.6 is 0 Å². The first-order valence-electron chi connectivity index (χ1n) is 6.72. The normalized spacial score (nSPS) is 15.3. The Morgan fingerprint density at radius 1 is 1.33 bits per heavy atom. The van der Waals surface area contributed by atoms with Gasteiger partial charge in [-0.25, -0.2) is 4.98 Å². The summed E-state index contributed by atoms with van der Waals surface area (Å²) in [6.07, 6.45) is -2.24. The van der Waals surface area contributed by atoms with Crippen LogP contribution in [0.2, 0.25) is 0 Å². The van der Waals surface area contributed by atoms with Crippen molar-refractivity contribution in [3.63, 3.8) is 0 Å². The van der Waals surface area contributed by atoms with Crippen molar-refractivity contribution in [2.75, 3.05) is 30.7 Å². The van der Waals surface area contributed by atoms with E-state index in [1.807, 2.05) is 0 Å². The van der Waals surface area contributed by atoms with Crippen molar-refractivity contribution in [2.24, 2.45) is 0 Å². The number of rotatable bonds is 4. The van der Waals surface area contributed by atoms with E-state index >= 15 is 0 Å². The van der Waals surface area contributed by atoms with E-state index in [1.165, 1.54) is 0 Å². The molecule has 1 aromatic rings. The van der Waals surface area contributed by atoms with E-state index in [9.17, 15) is 18.0 Å². The van der Waals surface area contributed by atoms with Gasteiger partial charge in [0.2, 0.25) is 5.91 Å². The number of nitrogens with one attached hydrogen (secondary N) is 1. The zero-order valence-electron chi connectivity index (χ0n) is 11.4. The van der Waals surface area contributed by atoms with Crippen LogP contribution in [0.25, 0.3) is 0 Å². The van der Waals surface area contributed by atoms with Crippen LogP contribution in [0.5, 0.6) is 0 Å². The van der Waals surface area contributed by atoms with Crippen molar-refractivity contribution < 1.29 is 18.0 Å². The van der Waals surface area contributed by atoms with Gasteiger partial charge in [0.05, 0.1) is 5.56 Å². The molecular formula is C13H17F3N4O. The number of hydrogen-bond acceptors (Lipinski definition) is 4. The lowest BCUT2D eigenvalue weighted by atomic mass is 10.2. The molecule has 21 heavy (non-hydrogen) atoms. The van der Waals surface area contributed by atoms with Crippen LogP contribution in [0.15, 0.2) is 12.1 Å². The third-order valence-corrected chi connectivity index (χ3v) is 3.28. The third-order valence-electron chi connectivity index (χ3n) is 3.28. The zero-order valence-corrected chi connectivity index (χ0v) is 11.4. The molecule has 0 aliphatic carbocycles. The number of nitrogens with zero attached hydrogens (tertiary/aromatic N) is 2. The van der Waals surface area contributed by atoms with Gasteiger partial charge in [0.15, 0.2) is 0 Å². The summed E-state index contributed by atoms with van der Waals surface area (Å²) < 4.78 is 37.9. The largest absolute Gasteiger partial charge is 0.416 e. The van der Waals surface area contributed by atoms with Gasteiger partial charge in [0.25, 0.3) is 0 Å². The molecule has 0 saturated carbocycles. The molecule has 1 aliphatic heterocycles. The number of anilines is 2. The van der Waals surface area contributed by atoms with Gasteiger partial charge in [-0.05, 0) is 25.0 Å². The molecule has 0 unspecified atom stereocenters. The molecule has 0 bridgehead atoms. The number of halogens is 3. The SMILES string of the molecule is Nc1cc(C(F)(F)F)cc(NCCC(=O)N2CCCC2)n1. The molecule has 8 heteroatoms. The Kier molecular flexibility index (Phi) is 4.54. The van der Waals surface area contributed by atoms with Gasteiger partial charge in [0.1, 0.15) is 11.6 Å². The molecule has 0 spiro atoms. The number of carbonyl (C=O) groups is 1. The second kappa shape index (κ2) is 6.19. The van der Waals surface area contributed by atoms with E-state index in [0.29, 0.717) is 0 Å². The lowest BCUT2D eigenvalue weighted by molar-refractivity contribution is -0.137. The van der Waals surface area contributed by atoms with E-state index in [2.05, 4.69) is 10.3 Å². The molecule has 1 aromatic heterocycles. The summed E-state index contributed by atoms with van der Waals surface area (Å²) in [4.78, 5) is 17.3. The van der Waals surface area contributed by atoms with Gasteiger partial charge in [-0.15, -0.1) is 0 Å². The molecule has 0 atom stereocenters. The summed E-state index contributed by atoms with van der Waals surface area (Å²) in [5.41, 5.74) is 4.50. The summed E-state index contributed by atoms with van der Waals surface area (Å²) in [7, 11) is 0. The molecule has 1 saturated heterocycles. The number of likely N-dealkylation sites (tertiary alicyclic amines) is 1. The fraction of sp³-hybridized carbons (Fsp3) is 0.538. The number of carbonyl (C=O) groups excluding carboxylic acids is 1. The summed E-state index contributed by atoms with van der Waals surface area (Å²) in [6, 6.07) is 1.66. The minimum Gasteiger partial charge on any atom is -0.384 e. The van der Waals surface area contributed by atoms with Crippen molar-refractivity contribution in [1.82, 2.24) is 9.88 Å². The van der Waals surface area contributed by atoms with Crippen molar-refractivity contribution in [3.05, 3.63) is 17.7 Å². The molecule has 0 radical (unpaired) electrons. The molecule has 2 heterocycles. The zero-order chi connectivity index (χ0) is 15.5. The monoisotopic (exact) mass is 302 g/mol.